The predicted molar refractivity (Wildman–Crippen MR) is 91.4 cm³/mol. The SMILES string of the molecule is CCC1(CC)CN(Cc2ccccc2)C(C(C)(C)C)CN1. The lowest BCUT2D eigenvalue weighted by Crippen LogP contribution is -2.66. The van der Waals surface area contributed by atoms with Crippen molar-refractivity contribution in [2.45, 2.75) is 65.6 Å². The molecular formula is C19H32N2. The van der Waals surface area contributed by atoms with Gasteiger partial charge in [-0.3, -0.25) is 4.90 Å². The van der Waals surface area contributed by atoms with Gasteiger partial charge in [-0.05, 0) is 23.8 Å². The Bertz CT molecular complexity index is 429. The van der Waals surface area contributed by atoms with Crippen LogP contribution in [-0.2, 0) is 6.54 Å². The van der Waals surface area contributed by atoms with Crippen molar-refractivity contribution in [3.05, 3.63) is 35.9 Å². The van der Waals surface area contributed by atoms with Gasteiger partial charge in [0.1, 0.15) is 0 Å². The molecule has 0 aliphatic carbocycles. The van der Waals surface area contributed by atoms with Crippen LogP contribution in [0.4, 0.5) is 0 Å². The minimum absolute atomic E-state index is 0.288. The zero-order valence-electron chi connectivity index (χ0n) is 14.4. The van der Waals surface area contributed by atoms with Gasteiger partial charge in [-0.1, -0.05) is 65.0 Å². The van der Waals surface area contributed by atoms with Crippen LogP contribution in [0.15, 0.2) is 30.3 Å². The van der Waals surface area contributed by atoms with Crippen LogP contribution >= 0.6 is 0 Å². The van der Waals surface area contributed by atoms with Crippen LogP contribution < -0.4 is 5.32 Å². The normalized spacial score (nSPS) is 23.2. The van der Waals surface area contributed by atoms with Gasteiger partial charge in [-0.25, -0.2) is 0 Å². The molecule has 21 heavy (non-hydrogen) atoms. The first-order valence-corrected chi connectivity index (χ1v) is 8.43. The van der Waals surface area contributed by atoms with Crippen molar-refractivity contribution in [3.8, 4) is 0 Å². The molecule has 2 rings (SSSR count). The van der Waals surface area contributed by atoms with Crippen LogP contribution in [0, 0.1) is 5.41 Å². The summed E-state index contributed by atoms with van der Waals surface area (Å²) in [4.78, 5) is 2.71. The van der Waals surface area contributed by atoms with Gasteiger partial charge in [0.25, 0.3) is 0 Å². The third-order valence-corrected chi connectivity index (χ3v) is 5.20. The fourth-order valence-electron chi connectivity index (χ4n) is 3.56. The highest BCUT2D eigenvalue weighted by Gasteiger charge is 2.40. The lowest BCUT2D eigenvalue weighted by atomic mass is 9.80. The third-order valence-electron chi connectivity index (χ3n) is 5.20. The molecule has 1 aromatic carbocycles. The summed E-state index contributed by atoms with van der Waals surface area (Å²) in [5, 5.41) is 3.86. The van der Waals surface area contributed by atoms with E-state index in [-0.39, 0.29) is 5.54 Å². The molecule has 1 fully saturated rings. The molecule has 1 aliphatic rings. The average molecular weight is 288 g/mol. The van der Waals surface area contributed by atoms with Crippen LogP contribution in [-0.4, -0.2) is 29.6 Å². The highest BCUT2D eigenvalue weighted by molar-refractivity contribution is 5.15. The zero-order valence-corrected chi connectivity index (χ0v) is 14.4. The Balaban J connectivity index is 2.21. The van der Waals surface area contributed by atoms with Crippen LogP contribution in [0.1, 0.15) is 53.0 Å². The fraction of sp³-hybridized carbons (Fsp3) is 0.684. The van der Waals surface area contributed by atoms with E-state index in [0.717, 1.165) is 19.6 Å². The smallest absolute Gasteiger partial charge is 0.0304 e. The molecule has 1 aromatic rings. The average Bonchev–Trinajstić information content (AvgIpc) is 2.47. The Kier molecular flexibility index (Phi) is 5.11. The molecule has 0 saturated carbocycles. The lowest BCUT2D eigenvalue weighted by Gasteiger charge is -2.51. The first kappa shape index (κ1) is 16.5. The van der Waals surface area contributed by atoms with Gasteiger partial charge in [0.05, 0.1) is 0 Å². The van der Waals surface area contributed by atoms with Gasteiger partial charge in [-0.15, -0.1) is 0 Å². The molecule has 0 amide bonds. The second kappa shape index (κ2) is 6.50. The van der Waals surface area contributed by atoms with Crippen LogP contribution in [0.2, 0.25) is 0 Å². The molecule has 2 nitrogen and oxygen atoms in total. The molecule has 1 heterocycles. The van der Waals surface area contributed by atoms with Crippen molar-refractivity contribution in [1.29, 1.82) is 0 Å². The van der Waals surface area contributed by atoms with E-state index in [0.29, 0.717) is 11.5 Å². The minimum Gasteiger partial charge on any atom is -0.308 e. The molecule has 1 unspecified atom stereocenters. The maximum absolute atomic E-state index is 3.86. The maximum atomic E-state index is 3.86. The molecule has 2 heteroatoms. The van der Waals surface area contributed by atoms with Gasteiger partial charge < -0.3 is 5.32 Å². The van der Waals surface area contributed by atoms with Gasteiger partial charge in [0.2, 0.25) is 0 Å². The van der Waals surface area contributed by atoms with Crippen molar-refractivity contribution >= 4 is 0 Å². The molecule has 118 valence electrons. The predicted octanol–water partition coefficient (Wildman–Crippen LogP) is 4.07. The summed E-state index contributed by atoms with van der Waals surface area (Å²) < 4.78 is 0. The molecule has 1 aliphatic heterocycles. The standard InChI is InChI=1S/C19H32N2/c1-6-19(7-2)15-21(14-16-11-9-8-10-12-16)17(13-20-19)18(3,4)5/h8-12,17,20H,6-7,13-15H2,1-5H3. The van der Waals surface area contributed by atoms with Crippen LogP contribution in [0.5, 0.6) is 0 Å². The Morgan fingerprint density at radius 3 is 2.29 bits per heavy atom. The summed E-state index contributed by atoms with van der Waals surface area (Å²) in [6.07, 6.45) is 2.40. The molecule has 0 bridgehead atoms. The highest BCUT2D eigenvalue weighted by atomic mass is 15.3. The summed E-state index contributed by atoms with van der Waals surface area (Å²) in [7, 11) is 0. The van der Waals surface area contributed by atoms with Crippen molar-refractivity contribution in [3.63, 3.8) is 0 Å². The van der Waals surface area contributed by atoms with E-state index in [1.165, 1.54) is 18.4 Å². The van der Waals surface area contributed by atoms with E-state index in [1.54, 1.807) is 0 Å². The molecular weight excluding hydrogens is 256 g/mol. The summed E-state index contributed by atoms with van der Waals surface area (Å²) in [6, 6.07) is 11.5. The number of benzene rings is 1. The Morgan fingerprint density at radius 2 is 1.76 bits per heavy atom. The van der Waals surface area contributed by atoms with Gasteiger partial charge >= 0.3 is 0 Å². The minimum atomic E-state index is 0.288. The zero-order chi connectivity index (χ0) is 15.5. The van der Waals surface area contributed by atoms with Gasteiger partial charge in [0.15, 0.2) is 0 Å². The van der Waals surface area contributed by atoms with E-state index in [2.05, 4.69) is 75.2 Å². The Labute approximate surface area is 130 Å². The number of nitrogens with zero attached hydrogens (tertiary/aromatic N) is 1. The fourth-order valence-corrected chi connectivity index (χ4v) is 3.56. The lowest BCUT2D eigenvalue weighted by molar-refractivity contribution is 0.0131. The first-order valence-electron chi connectivity index (χ1n) is 8.43. The summed E-state index contributed by atoms with van der Waals surface area (Å²) in [5.41, 5.74) is 2.01. The van der Waals surface area contributed by atoms with E-state index in [1.807, 2.05) is 0 Å². The van der Waals surface area contributed by atoms with Crippen molar-refractivity contribution in [1.82, 2.24) is 10.2 Å². The first-order chi connectivity index (χ1) is 9.90. The number of rotatable bonds is 4. The van der Waals surface area contributed by atoms with Gasteiger partial charge in [-0.2, -0.15) is 0 Å². The Morgan fingerprint density at radius 1 is 1.14 bits per heavy atom. The van der Waals surface area contributed by atoms with E-state index in [9.17, 15) is 0 Å². The molecule has 0 spiro atoms. The summed E-state index contributed by atoms with van der Waals surface area (Å²) in [6.45, 7) is 15.0. The maximum Gasteiger partial charge on any atom is 0.0304 e. The molecule has 0 radical (unpaired) electrons. The van der Waals surface area contributed by atoms with Crippen molar-refractivity contribution < 1.29 is 0 Å². The molecule has 1 saturated heterocycles. The topological polar surface area (TPSA) is 15.3 Å². The second-order valence-corrected chi connectivity index (χ2v) is 7.64. The van der Waals surface area contributed by atoms with Crippen molar-refractivity contribution in [2.24, 2.45) is 5.41 Å². The largest absolute Gasteiger partial charge is 0.308 e. The van der Waals surface area contributed by atoms with E-state index in [4.69, 9.17) is 0 Å². The second-order valence-electron chi connectivity index (χ2n) is 7.64. The number of piperazine rings is 1. The number of hydrogen-bond acceptors (Lipinski definition) is 2. The van der Waals surface area contributed by atoms with Gasteiger partial charge in [0, 0.05) is 31.2 Å². The summed E-state index contributed by atoms with van der Waals surface area (Å²) >= 11 is 0. The monoisotopic (exact) mass is 288 g/mol. The summed E-state index contributed by atoms with van der Waals surface area (Å²) in [5.74, 6) is 0. The molecule has 1 N–H and O–H groups in total. The van der Waals surface area contributed by atoms with Crippen LogP contribution in [0.25, 0.3) is 0 Å². The molecule has 0 aromatic heterocycles. The van der Waals surface area contributed by atoms with Crippen LogP contribution in [0.3, 0.4) is 0 Å². The van der Waals surface area contributed by atoms with E-state index >= 15 is 0 Å². The quantitative estimate of drug-likeness (QED) is 0.898. The third kappa shape index (κ3) is 3.87. The van der Waals surface area contributed by atoms with E-state index < -0.39 is 0 Å². The number of nitrogens with one attached hydrogen (secondary N) is 1. The molecule has 1 atom stereocenters. The highest BCUT2D eigenvalue weighted by Crippen LogP contribution is 2.32. The number of hydrogen-bond donors (Lipinski definition) is 1. The Hall–Kier alpha value is -0.860. The van der Waals surface area contributed by atoms with Crippen molar-refractivity contribution in [2.75, 3.05) is 13.1 Å².